The van der Waals surface area contributed by atoms with Crippen LogP contribution in [-0.4, -0.2) is 144 Å². The number of azo groups is 2. The molecule has 0 aliphatic heterocycles. The molecule has 102 heavy (non-hydrogen) atoms. The Morgan fingerprint density at radius 2 is 0.696 bits per heavy atom. The molecule has 0 saturated heterocycles. The van der Waals surface area contributed by atoms with E-state index in [1.807, 2.05) is 0 Å². The molecule has 0 unspecified atom stereocenters. The molecule has 11 rings (SSSR count). The third-order valence-electron chi connectivity index (χ3n) is 14.0. The van der Waals surface area contributed by atoms with Gasteiger partial charge in [0.15, 0.2) is 11.5 Å². The minimum Gasteiger partial charge on any atom is -0.505 e. The molecule has 0 saturated carbocycles. The number of H-pyrrole nitrogens is 2. The number of rotatable bonds is 18. The van der Waals surface area contributed by atoms with E-state index < -0.39 is 231 Å². The summed E-state index contributed by atoms with van der Waals surface area (Å²) in [6, 6.07) is 18.3. The van der Waals surface area contributed by atoms with Gasteiger partial charge in [-0.1, -0.05) is 36.4 Å². The van der Waals surface area contributed by atoms with Crippen molar-refractivity contribution in [3.8, 4) is 11.5 Å². The zero-order valence-corrected chi connectivity index (χ0v) is 57.1. The summed E-state index contributed by atoms with van der Waals surface area (Å²) < 4.78 is 282. The van der Waals surface area contributed by atoms with E-state index in [0.29, 0.717) is 36.4 Å². The lowest BCUT2D eigenvalue weighted by molar-refractivity contribution is 0.471. The summed E-state index contributed by atoms with van der Waals surface area (Å²) in [6.07, 6.45) is 0. The van der Waals surface area contributed by atoms with Crippen molar-refractivity contribution in [2.24, 2.45) is 30.4 Å². The smallest absolute Gasteiger partial charge is 0.297 e. The van der Waals surface area contributed by atoms with Gasteiger partial charge >= 0.3 is 0 Å². The number of fused-ring (bicyclic) bond motifs is 4. The average Bonchev–Trinajstić information content (AvgIpc) is 0.757. The first-order chi connectivity index (χ1) is 47.2. The Hall–Kier alpha value is -10.1. The summed E-state index contributed by atoms with van der Waals surface area (Å²) >= 11 is 12.6. The van der Waals surface area contributed by atoms with Crippen molar-refractivity contribution in [2.45, 2.75) is 39.2 Å². The molecular weight excluding hydrogens is 1560 g/mol. The van der Waals surface area contributed by atoms with Crippen molar-refractivity contribution < 1.29 is 114 Å². The maximum Gasteiger partial charge on any atom is 0.297 e. The number of nitrogens with zero attached hydrogens (tertiary/aromatic N) is 10. The molecule has 0 bridgehead atoms. The number of anilines is 4. The second-order valence-corrected chi connectivity index (χ2v) is 32.4. The number of phenols is 2. The van der Waals surface area contributed by atoms with E-state index in [1.165, 1.54) is 24.3 Å². The van der Waals surface area contributed by atoms with Crippen LogP contribution in [0.4, 0.5) is 57.4 Å². The van der Waals surface area contributed by atoms with Crippen LogP contribution in [0, 0.1) is 0 Å². The van der Waals surface area contributed by atoms with Gasteiger partial charge in [-0.3, -0.25) is 46.4 Å². The number of aromatic amines is 2. The van der Waals surface area contributed by atoms with Crippen LogP contribution in [0.15, 0.2) is 191 Å². The van der Waals surface area contributed by atoms with Gasteiger partial charge < -0.3 is 20.8 Å². The molecule has 0 fully saturated rings. The van der Waals surface area contributed by atoms with Crippen molar-refractivity contribution in [1.29, 1.82) is 0 Å². The Labute approximate surface area is 579 Å². The first kappa shape index (κ1) is 73.1. The van der Waals surface area contributed by atoms with Crippen molar-refractivity contribution >= 4 is 205 Å². The monoisotopic (exact) mass is 1600 g/mol. The Kier molecular flexibility index (Phi) is 18.7. The zero-order chi connectivity index (χ0) is 74.5. The number of nitrogens with one attached hydrogen (secondary N) is 4. The van der Waals surface area contributed by atoms with Crippen LogP contribution < -0.4 is 21.9 Å². The molecular formula is C52H34Cl2N14O26S8. The van der Waals surface area contributed by atoms with Gasteiger partial charge in [0.1, 0.15) is 52.1 Å². The second-order valence-electron chi connectivity index (χ2n) is 20.6. The highest BCUT2D eigenvalue weighted by Gasteiger charge is 2.31. The number of phenolic OH excluding ortho intramolecular Hbond substituents is 2. The number of hydrogen-bond acceptors (Lipinski definition) is 30. The molecule has 0 spiro atoms. The van der Waals surface area contributed by atoms with Crippen molar-refractivity contribution in [2.75, 3.05) is 10.6 Å². The molecule has 2 heterocycles. The van der Waals surface area contributed by atoms with Crippen molar-refractivity contribution in [1.82, 2.24) is 29.9 Å². The van der Waals surface area contributed by atoms with Crippen LogP contribution in [0.5, 0.6) is 11.5 Å². The van der Waals surface area contributed by atoms with Crippen LogP contribution >= 0.6 is 23.2 Å². The Bertz CT molecular complexity index is 6350. The maximum atomic E-state index is 12.9. The first-order valence-electron chi connectivity index (χ1n) is 26.7. The fraction of sp³-hybridized carbons (Fsp3) is 0. The number of aromatic hydroxyl groups is 2. The summed E-state index contributed by atoms with van der Waals surface area (Å²) in [5.74, 6) is -3.33. The Morgan fingerprint density at radius 3 is 1.01 bits per heavy atom. The van der Waals surface area contributed by atoms with Gasteiger partial charge in [-0.2, -0.15) is 87.3 Å². The molecule has 9 aromatic carbocycles. The number of aromatic nitrogens is 6. The van der Waals surface area contributed by atoms with Crippen LogP contribution in [0.2, 0.25) is 10.6 Å². The molecule has 0 radical (unpaired) electrons. The molecule has 0 aliphatic rings. The SMILES string of the molecule is O=S(=O)(O)c1cc(N=c2nc(Nc3ccc(Nc4nc(Cl)[nH]c(=Nc5cc(S(=O)(=O)O)cc6cc(S(=O)(=O)O)c(N=Nc7ccc8c(S(=O)(=O)O)cccc8c7S(=O)(=O)O)c(O)c56)n4)cc3)nc(Cl)[nH]2)c2c(O)c(N=Nc3ccc4c(S(=O)(=O)O)cccc4c3S(=O)(=O)O)c(S(=O)(=O)O)cc2c1. The molecule has 0 amide bonds. The number of hydrogen-bond donors (Lipinski definition) is 14. The fourth-order valence-electron chi connectivity index (χ4n) is 9.95. The molecule has 40 nitrogen and oxygen atoms in total. The third-order valence-corrected chi connectivity index (χ3v) is 21.4. The van der Waals surface area contributed by atoms with Gasteiger partial charge in [0.2, 0.25) is 33.7 Å². The van der Waals surface area contributed by atoms with Crippen LogP contribution in [0.1, 0.15) is 0 Å². The van der Waals surface area contributed by atoms with E-state index >= 15 is 0 Å². The normalized spacial score (nSPS) is 13.5. The van der Waals surface area contributed by atoms with Crippen LogP contribution in [0.3, 0.4) is 0 Å². The summed E-state index contributed by atoms with van der Waals surface area (Å²) in [6.45, 7) is 0. The van der Waals surface area contributed by atoms with Gasteiger partial charge in [0, 0.05) is 32.9 Å². The highest BCUT2D eigenvalue weighted by molar-refractivity contribution is 7.88. The summed E-state index contributed by atoms with van der Waals surface area (Å²) in [5, 5.41) is 38.4. The molecule has 11 aromatic rings. The lowest BCUT2D eigenvalue weighted by Gasteiger charge is -2.13. The van der Waals surface area contributed by atoms with E-state index in [0.717, 1.165) is 60.7 Å². The van der Waals surface area contributed by atoms with E-state index in [9.17, 15) is 114 Å². The standard InChI is InChI=1S/C52H34Cl2N14O26S8/c53-47-59-49(63-51(61-47)57-33-19-25(95(71,72)73)15-21-17-37(99(83,84)85)41(43(69)39(21)33)67-65-31-13-11-27-29(45(31)101(89,90)91)3-1-5-35(27)97(77,78)79)55-23-7-9-24(10-8-23)56-50-60-48(54)62-52(64-50)58-34-20-26(96(74,75)76)16-22-18-38(100(86,87)88)42(44(70)40(22)34)68-66-32-14-12-28-30(46(32)102(92,93)94)4-2-6-36(28)98(80,81)82/h1-20,69-70H,(H,71,72,73)(H,74,75,76)(H,77,78,79)(H,80,81,82)(H,83,84,85)(H,86,87,88)(H,89,90,91)(H,92,93,94)(H2,55,57,59,61,63)(H2,56,58,60,62,64). The van der Waals surface area contributed by atoms with Crippen LogP contribution in [0.25, 0.3) is 43.1 Å². The van der Waals surface area contributed by atoms with E-state index in [-0.39, 0.29) is 23.3 Å². The molecule has 2 aromatic heterocycles. The largest absolute Gasteiger partial charge is 0.505 e. The lowest BCUT2D eigenvalue weighted by Crippen LogP contribution is -2.16. The summed E-state index contributed by atoms with van der Waals surface area (Å²) in [5.41, 5.74) is -6.30. The maximum absolute atomic E-state index is 12.9. The average molecular weight is 1600 g/mol. The highest BCUT2D eigenvalue weighted by atomic mass is 35.5. The second kappa shape index (κ2) is 26.1. The topological polar surface area (TPSA) is 657 Å². The summed E-state index contributed by atoms with van der Waals surface area (Å²) in [7, 11) is -42.5. The molecule has 50 heteroatoms. The minimum absolute atomic E-state index is 0.156. The number of halogens is 2. The number of benzene rings is 9. The van der Waals surface area contributed by atoms with E-state index in [2.05, 4.69) is 71.0 Å². The van der Waals surface area contributed by atoms with Crippen molar-refractivity contribution in [3.05, 3.63) is 143 Å². The van der Waals surface area contributed by atoms with E-state index in [1.54, 1.807) is 0 Å². The van der Waals surface area contributed by atoms with Gasteiger partial charge in [-0.25, -0.2) is 9.98 Å². The molecule has 0 aliphatic carbocycles. The minimum atomic E-state index is -5.55. The first-order valence-corrected chi connectivity index (χ1v) is 38.9. The fourth-order valence-corrected chi connectivity index (χ4v) is 15.7. The molecule has 14 N–H and O–H groups in total. The lowest BCUT2D eigenvalue weighted by atomic mass is 10.1. The Balaban J connectivity index is 0.938. The highest BCUT2D eigenvalue weighted by Crippen LogP contribution is 2.49. The van der Waals surface area contributed by atoms with Crippen LogP contribution in [-0.2, 0) is 80.9 Å². The zero-order valence-electron chi connectivity index (χ0n) is 49.0. The van der Waals surface area contributed by atoms with Gasteiger partial charge in [0.25, 0.3) is 80.9 Å². The summed E-state index contributed by atoms with van der Waals surface area (Å²) in [4.78, 5) is 21.2. The quantitative estimate of drug-likeness (QED) is 0.0285. The molecule has 530 valence electrons. The van der Waals surface area contributed by atoms with Gasteiger partial charge in [-0.15, -0.1) is 20.5 Å². The van der Waals surface area contributed by atoms with Crippen molar-refractivity contribution in [3.63, 3.8) is 0 Å². The predicted octanol–water partition coefficient (Wildman–Crippen LogP) is 8.01. The van der Waals surface area contributed by atoms with Gasteiger partial charge in [-0.05, 0) is 119 Å². The Morgan fingerprint density at radius 1 is 0.353 bits per heavy atom. The predicted molar refractivity (Wildman–Crippen MR) is 352 cm³/mol. The molecule has 0 atom stereocenters. The third kappa shape index (κ3) is 15.2. The van der Waals surface area contributed by atoms with Gasteiger partial charge in [0.05, 0.1) is 31.9 Å². The van der Waals surface area contributed by atoms with E-state index in [4.69, 9.17) is 23.2 Å².